The van der Waals surface area contributed by atoms with E-state index in [1.165, 1.54) is 12.1 Å². The second-order valence-corrected chi connectivity index (χ2v) is 4.67. The van der Waals surface area contributed by atoms with Crippen LogP contribution >= 0.6 is 0 Å². The molecule has 0 heterocycles. The number of nitrogens with zero attached hydrogens (tertiary/aromatic N) is 2. The first-order valence-electron chi connectivity index (χ1n) is 5.49. The van der Waals surface area contributed by atoms with Crippen molar-refractivity contribution < 1.29 is 4.39 Å². The number of hydrogen-bond acceptors (Lipinski definition) is 2. The van der Waals surface area contributed by atoms with Gasteiger partial charge in [0.2, 0.25) is 0 Å². The van der Waals surface area contributed by atoms with Crippen molar-refractivity contribution in [3.8, 4) is 6.07 Å². The van der Waals surface area contributed by atoms with Gasteiger partial charge in [0.1, 0.15) is 5.82 Å². The fourth-order valence-electron chi connectivity index (χ4n) is 2.03. The van der Waals surface area contributed by atoms with E-state index in [2.05, 4.69) is 11.0 Å². The minimum absolute atomic E-state index is 0.192. The molecule has 1 aliphatic rings. The van der Waals surface area contributed by atoms with Crippen LogP contribution in [0.25, 0.3) is 0 Å². The molecule has 1 saturated carbocycles. The van der Waals surface area contributed by atoms with Crippen molar-refractivity contribution >= 4 is 5.69 Å². The van der Waals surface area contributed by atoms with Crippen LogP contribution in [0.4, 0.5) is 10.1 Å². The lowest BCUT2D eigenvalue weighted by Crippen LogP contribution is -2.26. The summed E-state index contributed by atoms with van der Waals surface area (Å²) >= 11 is 0. The summed E-state index contributed by atoms with van der Waals surface area (Å²) in [7, 11) is 1.99. The highest BCUT2D eigenvalue weighted by molar-refractivity contribution is 5.46. The highest BCUT2D eigenvalue weighted by atomic mass is 19.1. The Morgan fingerprint density at radius 1 is 1.38 bits per heavy atom. The van der Waals surface area contributed by atoms with Crippen molar-refractivity contribution in [2.45, 2.75) is 19.3 Å². The van der Waals surface area contributed by atoms with Gasteiger partial charge in [-0.1, -0.05) is 0 Å². The molecule has 0 aliphatic heterocycles. The van der Waals surface area contributed by atoms with Crippen molar-refractivity contribution in [3.63, 3.8) is 0 Å². The molecule has 0 amide bonds. The zero-order valence-corrected chi connectivity index (χ0v) is 9.41. The molecule has 0 bridgehead atoms. The molecule has 2 rings (SSSR count). The standard InChI is InChI=1S/C13H15FN2/c1-16(10-13(6-7-13)8-9-15)12-4-2-11(14)3-5-12/h2-5H,6-8,10H2,1H3. The molecular weight excluding hydrogens is 203 g/mol. The summed E-state index contributed by atoms with van der Waals surface area (Å²) in [6, 6.07) is 8.74. The van der Waals surface area contributed by atoms with E-state index >= 15 is 0 Å². The van der Waals surface area contributed by atoms with E-state index in [1.807, 2.05) is 7.05 Å². The highest BCUT2D eigenvalue weighted by Gasteiger charge is 2.43. The minimum Gasteiger partial charge on any atom is -0.374 e. The van der Waals surface area contributed by atoms with Crippen molar-refractivity contribution in [2.24, 2.45) is 5.41 Å². The summed E-state index contributed by atoms with van der Waals surface area (Å²) in [5.41, 5.74) is 1.20. The highest BCUT2D eigenvalue weighted by Crippen LogP contribution is 2.49. The Morgan fingerprint density at radius 3 is 2.50 bits per heavy atom. The summed E-state index contributed by atoms with van der Waals surface area (Å²) in [5.74, 6) is -0.213. The first kappa shape index (κ1) is 10.9. The average Bonchev–Trinajstić information content (AvgIpc) is 2.99. The zero-order valence-electron chi connectivity index (χ0n) is 9.41. The molecule has 2 nitrogen and oxygen atoms in total. The molecule has 0 aromatic heterocycles. The van der Waals surface area contributed by atoms with Crippen LogP contribution in [0.5, 0.6) is 0 Å². The van der Waals surface area contributed by atoms with Crippen LogP contribution in [0.15, 0.2) is 24.3 Å². The maximum Gasteiger partial charge on any atom is 0.123 e. The Hall–Kier alpha value is -1.56. The van der Waals surface area contributed by atoms with Crippen LogP contribution < -0.4 is 4.90 Å². The van der Waals surface area contributed by atoms with Gasteiger partial charge in [-0.3, -0.25) is 0 Å². The number of benzene rings is 1. The maximum atomic E-state index is 12.8. The number of hydrogen-bond donors (Lipinski definition) is 0. The summed E-state index contributed by atoms with van der Waals surface area (Å²) in [5, 5.41) is 8.74. The van der Waals surface area contributed by atoms with E-state index in [4.69, 9.17) is 5.26 Å². The summed E-state index contributed by atoms with van der Waals surface area (Å²) in [6.45, 7) is 0.881. The van der Waals surface area contributed by atoms with Gasteiger partial charge in [-0.2, -0.15) is 5.26 Å². The van der Waals surface area contributed by atoms with Crippen LogP contribution in [-0.2, 0) is 0 Å². The molecule has 1 aliphatic carbocycles. The van der Waals surface area contributed by atoms with Gasteiger partial charge >= 0.3 is 0 Å². The average molecular weight is 218 g/mol. The molecule has 3 heteroatoms. The van der Waals surface area contributed by atoms with Gasteiger partial charge in [0.25, 0.3) is 0 Å². The monoisotopic (exact) mass is 218 g/mol. The number of anilines is 1. The molecule has 0 atom stereocenters. The van der Waals surface area contributed by atoms with Crippen LogP contribution in [0.2, 0.25) is 0 Å². The number of nitriles is 1. The molecule has 84 valence electrons. The fraction of sp³-hybridized carbons (Fsp3) is 0.462. The molecule has 1 aromatic rings. The van der Waals surface area contributed by atoms with Crippen molar-refractivity contribution in [2.75, 3.05) is 18.5 Å². The van der Waals surface area contributed by atoms with Gasteiger partial charge in [-0.05, 0) is 37.1 Å². The molecule has 1 aromatic carbocycles. The SMILES string of the molecule is CN(CC1(CC#N)CC1)c1ccc(F)cc1. The molecule has 0 radical (unpaired) electrons. The van der Waals surface area contributed by atoms with E-state index in [9.17, 15) is 4.39 Å². The Morgan fingerprint density at radius 2 is 2.00 bits per heavy atom. The lowest BCUT2D eigenvalue weighted by Gasteiger charge is -2.24. The van der Waals surface area contributed by atoms with Gasteiger partial charge in [0.05, 0.1) is 6.07 Å². The fourth-order valence-corrected chi connectivity index (χ4v) is 2.03. The van der Waals surface area contributed by atoms with Gasteiger partial charge in [0.15, 0.2) is 0 Å². The maximum absolute atomic E-state index is 12.8. The third-order valence-electron chi connectivity index (χ3n) is 3.25. The molecule has 16 heavy (non-hydrogen) atoms. The first-order valence-corrected chi connectivity index (χ1v) is 5.49. The van der Waals surface area contributed by atoms with Crippen molar-refractivity contribution in [1.29, 1.82) is 5.26 Å². The van der Waals surface area contributed by atoms with Gasteiger partial charge < -0.3 is 4.90 Å². The Kier molecular flexibility index (Phi) is 2.82. The smallest absolute Gasteiger partial charge is 0.123 e. The largest absolute Gasteiger partial charge is 0.374 e. The number of halogens is 1. The van der Waals surface area contributed by atoms with Crippen LogP contribution in [-0.4, -0.2) is 13.6 Å². The second-order valence-electron chi connectivity index (χ2n) is 4.67. The predicted molar refractivity (Wildman–Crippen MR) is 61.6 cm³/mol. The molecule has 0 saturated heterocycles. The molecular formula is C13H15FN2. The van der Waals surface area contributed by atoms with E-state index in [0.29, 0.717) is 6.42 Å². The first-order chi connectivity index (χ1) is 7.65. The summed E-state index contributed by atoms with van der Waals surface area (Å²) < 4.78 is 12.8. The normalized spacial score (nSPS) is 16.6. The lowest BCUT2D eigenvalue weighted by atomic mass is 10.0. The molecule has 0 N–H and O–H groups in total. The molecule has 0 spiro atoms. The quantitative estimate of drug-likeness (QED) is 0.776. The lowest BCUT2D eigenvalue weighted by molar-refractivity contribution is 0.523. The molecule has 0 unspecified atom stereocenters. The Labute approximate surface area is 95.3 Å². The van der Waals surface area contributed by atoms with Gasteiger partial charge in [-0.15, -0.1) is 0 Å². The predicted octanol–water partition coefficient (Wildman–Crippen LogP) is 2.96. The van der Waals surface area contributed by atoms with E-state index < -0.39 is 0 Å². The summed E-state index contributed by atoms with van der Waals surface area (Å²) in [4.78, 5) is 2.10. The third-order valence-corrected chi connectivity index (χ3v) is 3.25. The van der Waals surface area contributed by atoms with Crippen molar-refractivity contribution in [3.05, 3.63) is 30.1 Å². The van der Waals surface area contributed by atoms with Crippen molar-refractivity contribution in [1.82, 2.24) is 0 Å². The van der Waals surface area contributed by atoms with Crippen LogP contribution in [0, 0.1) is 22.6 Å². The topological polar surface area (TPSA) is 27.0 Å². The summed E-state index contributed by atoms with van der Waals surface area (Å²) in [6.07, 6.45) is 2.89. The van der Waals surface area contributed by atoms with Crippen LogP contribution in [0.1, 0.15) is 19.3 Å². The van der Waals surface area contributed by atoms with Gasteiger partial charge in [0, 0.05) is 31.1 Å². The number of rotatable bonds is 4. The Balaban J connectivity index is 2.01. The molecule has 1 fully saturated rings. The third kappa shape index (κ3) is 2.33. The van der Waals surface area contributed by atoms with Gasteiger partial charge in [-0.25, -0.2) is 4.39 Å². The van der Waals surface area contributed by atoms with Crippen LogP contribution in [0.3, 0.4) is 0 Å². The Bertz CT molecular complexity index is 401. The van der Waals surface area contributed by atoms with E-state index in [1.54, 1.807) is 12.1 Å². The second kappa shape index (κ2) is 4.13. The zero-order chi connectivity index (χ0) is 11.6. The van der Waals surface area contributed by atoms with E-state index in [0.717, 1.165) is 25.1 Å². The minimum atomic E-state index is -0.213. The van der Waals surface area contributed by atoms with E-state index in [-0.39, 0.29) is 11.2 Å².